The Morgan fingerprint density at radius 3 is 2.56 bits per heavy atom. The number of para-hydroxylation sites is 1. The van der Waals surface area contributed by atoms with Gasteiger partial charge < -0.3 is 14.6 Å². The topological polar surface area (TPSA) is 71.3 Å². The normalized spacial score (nSPS) is 11.9. The molecule has 6 nitrogen and oxygen atoms in total. The Morgan fingerprint density at radius 1 is 1.03 bits per heavy atom. The Morgan fingerprint density at radius 2 is 1.81 bits per heavy atom. The van der Waals surface area contributed by atoms with E-state index in [-0.39, 0.29) is 11.9 Å². The van der Waals surface area contributed by atoms with E-state index in [1.54, 1.807) is 6.26 Å². The molecule has 32 heavy (non-hydrogen) atoms. The molecule has 0 aliphatic rings. The third kappa shape index (κ3) is 5.14. The fourth-order valence-electron chi connectivity index (χ4n) is 3.73. The highest BCUT2D eigenvalue weighted by Crippen LogP contribution is 2.26. The Kier molecular flexibility index (Phi) is 6.80. The zero-order chi connectivity index (χ0) is 22.3. The molecule has 0 spiro atoms. The molecule has 0 radical (unpaired) electrons. The van der Waals surface area contributed by atoms with Crippen LogP contribution in [-0.2, 0) is 17.8 Å². The molecule has 2 aromatic heterocycles. The minimum Gasteiger partial charge on any atom is -0.467 e. The van der Waals surface area contributed by atoms with Crippen molar-refractivity contribution in [2.75, 3.05) is 11.4 Å². The first-order valence-corrected chi connectivity index (χ1v) is 11.0. The number of carbonyl (C=O) groups is 1. The highest BCUT2D eigenvalue weighted by Gasteiger charge is 2.18. The van der Waals surface area contributed by atoms with Crippen LogP contribution in [0.1, 0.15) is 43.5 Å². The van der Waals surface area contributed by atoms with E-state index in [4.69, 9.17) is 9.40 Å². The second kappa shape index (κ2) is 10.1. The lowest BCUT2D eigenvalue weighted by molar-refractivity contribution is -0.121. The van der Waals surface area contributed by atoms with Gasteiger partial charge in [-0.25, -0.2) is 9.97 Å². The van der Waals surface area contributed by atoms with Gasteiger partial charge in [0.05, 0.1) is 24.4 Å². The summed E-state index contributed by atoms with van der Waals surface area (Å²) in [6.45, 7) is 5.08. The van der Waals surface area contributed by atoms with E-state index in [1.165, 1.54) is 0 Å². The number of benzene rings is 2. The molecule has 1 N–H and O–H groups in total. The summed E-state index contributed by atoms with van der Waals surface area (Å²) >= 11 is 0. The lowest BCUT2D eigenvalue weighted by Crippen LogP contribution is -2.32. The zero-order valence-electron chi connectivity index (χ0n) is 18.5. The predicted molar refractivity (Wildman–Crippen MR) is 126 cm³/mol. The molecule has 0 saturated carbocycles. The number of hydrogen-bond donors (Lipinski definition) is 1. The largest absolute Gasteiger partial charge is 0.467 e. The number of fused-ring (bicyclic) bond motifs is 1. The van der Waals surface area contributed by atoms with Crippen LogP contribution >= 0.6 is 0 Å². The minimum atomic E-state index is -0.0474. The summed E-state index contributed by atoms with van der Waals surface area (Å²) in [6, 6.07) is 21.7. The molecule has 0 unspecified atom stereocenters. The van der Waals surface area contributed by atoms with Gasteiger partial charge in [0, 0.05) is 24.8 Å². The molecule has 6 heteroatoms. The maximum atomic E-state index is 12.8. The van der Waals surface area contributed by atoms with E-state index < -0.39 is 0 Å². The number of aromatic nitrogens is 2. The summed E-state index contributed by atoms with van der Waals surface area (Å²) in [5.41, 5.74) is 1.99. The minimum absolute atomic E-state index is 0.000116. The maximum absolute atomic E-state index is 12.8. The number of nitrogens with zero attached hydrogens (tertiary/aromatic N) is 3. The van der Waals surface area contributed by atoms with Crippen molar-refractivity contribution in [3.05, 3.63) is 90.1 Å². The molecule has 0 saturated heterocycles. The van der Waals surface area contributed by atoms with E-state index >= 15 is 0 Å². The predicted octanol–water partition coefficient (Wildman–Crippen LogP) is 5.06. The summed E-state index contributed by atoms with van der Waals surface area (Å²) in [5.74, 6) is 2.43. The first kappa shape index (κ1) is 21.6. The number of carbonyl (C=O) groups excluding carboxylic acids is 1. The van der Waals surface area contributed by atoms with Crippen LogP contribution in [0.5, 0.6) is 0 Å². The van der Waals surface area contributed by atoms with Crippen molar-refractivity contribution < 1.29 is 9.21 Å². The lowest BCUT2D eigenvalue weighted by atomic mass is 10.1. The summed E-state index contributed by atoms with van der Waals surface area (Å²) < 4.78 is 5.60. The van der Waals surface area contributed by atoms with Crippen molar-refractivity contribution >= 4 is 22.6 Å². The number of aryl methyl sites for hydroxylation is 1. The van der Waals surface area contributed by atoms with Crippen LogP contribution in [0, 0.1) is 0 Å². The fraction of sp³-hybridized carbons (Fsp3) is 0.269. The Labute approximate surface area is 188 Å². The quantitative estimate of drug-likeness (QED) is 0.403. The highest BCUT2D eigenvalue weighted by molar-refractivity contribution is 5.89. The van der Waals surface area contributed by atoms with Crippen molar-refractivity contribution in [1.82, 2.24) is 15.3 Å². The third-order valence-corrected chi connectivity index (χ3v) is 5.46. The first-order chi connectivity index (χ1) is 15.6. The van der Waals surface area contributed by atoms with Gasteiger partial charge in [-0.1, -0.05) is 49.4 Å². The monoisotopic (exact) mass is 428 g/mol. The summed E-state index contributed by atoms with van der Waals surface area (Å²) in [6.07, 6.45) is 2.75. The molecule has 4 aromatic rings. The van der Waals surface area contributed by atoms with Gasteiger partial charge >= 0.3 is 0 Å². The summed E-state index contributed by atoms with van der Waals surface area (Å²) in [5, 5.41) is 4.07. The summed E-state index contributed by atoms with van der Waals surface area (Å²) in [4.78, 5) is 24.4. The molecular weight excluding hydrogens is 400 g/mol. The van der Waals surface area contributed by atoms with Crippen molar-refractivity contribution in [3.63, 3.8) is 0 Å². The molecule has 0 aliphatic carbocycles. The van der Waals surface area contributed by atoms with E-state index in [1.807, 2.05) is 80.6 Å². The molecule has 4 rings (SSSR count). The van der Waals surface area contributed by atoms with Gasteiger partial charge in [-0.05, 0) is 36.8 Å². The molecule has 0 bridgehead atoms. The standard InChI is InChI=1S/C26H28N4O2/c1-3-24-28-23-14-8-7-13-22(23)26(29-24)30(18-21-12-9-17-32-21)16-15-25(31)27-19(2)20-10-5-4-6-11-20/h4-14,17,19H,3,15-16,18H2,1-2H3,(H,27,31)/t19-/m1/s1. The van der Waals surface area contributed by atoms with Gasteiger partial charge in [0.15, 0.2) is 0 Å². The van der Waals surface area contributed by atoms with Crippen molar-refractivity contribution in [2.45, 2.75) is 39.3 Å². The number of amides is 1. The van der Waals surface area contributed by atoms with Crippen molar-refractivity contribution in [3.8, 4) is 0 Å². The summed E-state index contributed by atoms with van der Waals surface area (Å²) in [7, 11) is 0. The Balaban J connectivity index is 1.55. The van der Waals surface area contributed by atoms with Crippen LogP contribution < -0.4 is 10.2 Å². The molecule has 0 aliphatic heterocycles. The van der Waals surface area contributed by atoms with Crippen LogP contribution in [0.2, 0.25) is 0 Å². The average Bonchev–Trinajstić information content (AvgIpc) is 3.34. The van der Waals surface area contributed by atoms with Crippen LogP contribution in [0.15, 0.2) is 77.4 Å². The number of anilines is 1. The number of hydrogen-bond acceptors (Lipinski definition) is 5. The van der Waals surface area contributed by atoms with Crippen molar-refractivity contribution in [1.29, 1.82) is 0 Å². The number of rotatable bonds is 9. The third-order valence-electron chi connectivity index (χ3n) is 5.46. The van der Waals surface area contributed by atoms with Crippen LogP contribution in [0.3, 0.4) is 0 Å². The van der Waals surface area contributed by atoms with Crippen LogP contribution in [-0.4, -0.2) is 22.4 Å². The molecule has 1 atom stereocenters. The number of nitrogens with one attached hydrogen (secondary N) is 1. The average molecular weight is 429 g/mol. The molecule has 1 amide bonds. The van der Waals surface area contributed by atoms with Crippen LogP contribution in [0.25, 0.3) is 10.9 Å². The molecule has 2 aromatic carbocycles. The van der Waals surface area contributed by atoms with Gasteiger partial charge in [-0.15, -0.1) is 0 Å². The highest BCUT2D eigenvalue weighted by atomic mass is 16.3. The van der Waals surface area contributed by atoms with Crippen LogP contribution in [0.4, 0.5) is 5.82 Å². The van der Waals surface area contributed by atoms with E-state index in [0.717, 1.165) is 40.3 Å². The SMILES string of the molecule is CCc1nc(N(CCC(=O)N[C@H](C)c2ccccc2)Cc2ccco2)c2ccccc2n1. The van der Waals surface area contributed by atoms with E-state index in [0.29, 0.717) is 19.5 Å². The molecule has 2 heterocycles. The molecule has 0 fully saturated rings. The Hall–Kier alpha value is -3.67. The van der Waals surface area contributed by atoms with Gasteiger partial charge in [0.2, 0.25) is 5.91 Å². The van der Waals surface area contributed by atoms with Gasteiger partial charge in [-0.2, -0.15) is 0 Å². The van der Waals surface area contributed by atoms with Crippen molar-refractivity contribution in [2.24, 2.45) is 0 Å². The first-order valence-electron chi connectivity index (χ1n) is 11.0. The Bertz CT molecular complexity index is 1160. The van der Waals surface area contributed by atoms with E-state index in [2.05, 4.69) is 15.2 Å². The zero-order valence-corrected chi connectivity index (χ0v) is 18.5. The number of furan rings is 1. The van der Waals surface area contributed by atoms with Gasteiger partial charge in [-0.3, -0.25) is 4.79 Å². The fourth-order valence-corrected chi connectivity index (χ4v) is 3.73. The second-order valence-electron chi connectivity index (χ2n) is 7.78. The molecule has 164 valence electrons. The second-order valence-corrected chi connectivity index (χ2v) is 7.78. The lowest BCUT2D eigenvalue weighted by Gasteiger charge is -2.25. The smallest absolute Gasteiger partial charge is 0.222 e. The van der Waals surface area contributed by atoms with Gasteiger partial charge in [0.1, 0.15) is 17.4 Å². The maximum Gasteiger partial charge on any atom is 0.222 e. The van der Waals surface area contributed by atoms with Gasteiger partial charge in [0.25, 0.3) is 0 Å². The molecular formula is C26H28N4O2. The van der Waals surface area contributed by atoms with E-state index in [9.17, 15) is 4.79 Å².